The van der Waals surface area contributed by atoms with E-state index in [1.54, 1.807) is 0 Å². The van der Waals surface area contributed by atoms with Gasteiger partial charge in [-0.25, -0.2) is 0 Å². The highest BCUT2D eigenvalue weighted by Gasteiger charge is 2.39. The molecule has 2 N–H and O–H groups in total. The maximum atomic E-state index is 5.91. The molecule has 0 radical (unpaired) electrons. The first-order valence-corrected chi connectivity index (χ1v) is 5.32. The van der Waals surface area contributed by atoms with E-state index < -0.39 is 0 Å². The number of hydrogen-bond acceptors (Lipinski definition) is 3. The van der Waals surface area contributed by atoms with Gasteiger partial charge >= 0.3 is 0 Å². The average Bonchev–Trinajstić information content (AvgIpc) is 2.51. The van der Waals surface area contributed by atoms with Gasteiger partial charge in [-0.15, -0.1) is 0 Å². The molecule has 0 aromatic rings. The summed E-state index contributed by atoms with van der Waals surface area (Å²) >= 11 is 0. The largest absolute Gasteiger partial charge is 0.329 e. The van der Waals surface area contributed by atoms with Gasteiger partial charge in [-0.05, 0) is 33.1 Å². The highest BCUT2D eigenvalue weighted by atomic mass is 15.3. The fourth-order valence-corrected chi connectivity index (χ4v) is 2.51. The molecule has 0 aromatic carbocycles. The van der Waals surface area contributed by atoms with Crippen molar-refractivity contribution >= 4 is 0 Å². The molecular weight excluding hydrogens is 162 g/mol. The van der Waals surface area contributed by atoms with Crippen LogP contribution in [0.1, 0.15) is 20.3 Å². The number of nitrogens with two attached hydrogens (primary N) is 1. The van der Waals surface area contributed by atoms with Crippen molar-refractivity contribution in [2.75, 3.05) is 39.8 Å². The molecule has 1 fully saturated rings. The van der Waals surface area contributed by atoms with E-state index in [1.165, 1.54) is 13.0 Å². The molecule has 0 amide bonds. The molecule has 1 atom stereocenters. The Hall–Kier alpha value is -0.120. The Morgan fingerprint density at radius 3 is 2.31 bits per heavy atom. The Morgan fingerprint density at radius 2 is 2.00 bits per heavy atom. The molecule has 1 heterocycles. The Bertz CT molecular complexity index is 156. The molecule has 3 heteroatoms. The van der Waals surface area contributed by atoms with Gasteiger partial charge in [0.25, 0.3) is 0 Å². The summed E-state index contributed by atoms with van der Waals surface area (Å²) in [4.78, 5) is 4.89. The topological polar surface area (TPSA) is 32.5 Å². The second-order valence-electron chi connectivity index (χ2n) is 4.09. The van der Waals surface area contributed by atoms with Crippen LogP contribution < -0.4 is 5.73 Å². The molecule has 1 aliphatic rings. The summed E-state index contributed by atoms with van der Waals surface area (Å²) in [5, 5.41) is 0. The number of likely N-dealkylation sites (N-methyl/N-ethyl adjacent to an activating group) is 2. The molecule has 0 spiro atoms. The molecule has 0 bridgehead atoms. The first-order chi connectivity index (χ1) is 6.18. The van der Waals surface area contributed by atoms with Crippen LogP contribution in [0, 0.1) is 0 Å². The molecular formula is C10H23N3. The minimum atomic E-state index is 0.262. The SMILES string of the molecule is CCN(CC)C1(CN)CCN(C)C1. The molecule has 0 aromatic heterocycles. The van der Waals surface area contributed by atoms with E-state index in [4.69, 9.17) is 5.73 Å². The van der Waals surface area contributed by atoms with E-state index in [2.05, 4.69) is 30.7 Å². The normalized spacial score (nSPS) is 30.2. The predicted molar refractivity (Wildman–Crippen MR) is 56.8 cm³/mol. The van der Waals surface area contributed by atoms with E-state index in [1.807, 2.05) is 0 Å². The third-order valence-electron chi connectivity index (χ3n) is 3.34. The third kappa shape index (κ3) is 2.03. The molecule has 0 aliphatic carbocycles. The lowest BCUT2D eigenvalue weighted by Crippen LogP contribution is -2.55. The van der Waals surface area contributed by atoms with Crippen LogP contribution in [0.5, 0.6) is 0 Å². The van der Waals surface area contributed by atoms with E-state index >= 15 is 0 Å². The second-order valence-corrected chi connectivity index (χ2v) is 4.09. The van der Waals surface area contributed by atoms with Gasteiger partial charge in [0.1, 0.15) is 0 Å². The van der Waals surface area contributed by atoms with Crippen molar-refractivity contribution in [2.45, 2.75) is 25.8 Å². The summed E-state index contributed by atoms with van der Waals surface area (Å²) < 4.78 is 0. The van der Waals surface area contributed by atoms with Gasteiger partial charge in [-0.2, -0.15) is 0 Å². The highest BCUT2D eigenvalue weighted by Crippen LogP contribution is 2.25. The van der Waals surface area contributed by atoms with Gasteiger partial charge in [0, 0.05) is 18.6 Å². The van der Waals surface area contributed by atoms with Crippen molar-refractivity contribution in [2.24, 2.45) is 5.73 Å². The van der Waals surface area contributed by atoms with Crippen LogP contribution in [0.2, 0.25) is 0 Å². The minimum Gasteiger partial charge on any atom is -0.329 e. The van der Waals surface area contributed by atoms with Crippen LogP contribution in [-0.4, -0.2) is 55.1 Å². The fraction of sp³-hybridized carbons (Fsp3) is 1.00. The molecule has 1 rings (SSSR count). The van der Waals surface area contributed by atoms with Gasteiger partial charge in [-0.3, -0.25) is 4.90 Å². The van der Waals surface area contributed by atoms with Gasteiger partial charge in [0.2, 0.25) is 0 Å². The van der Waals surface area contributed by atoms with Gasteiger partial charge < -0.3 is 10.6 Å². The monoisotopic (exact) mass is 185 g/mol. The zero-order chi connectivity index (χ0) is 9.90. The summed E-state index contributed by atoms with van der Waals surface area (Å²) in [6, 6.07) is 0. The predicted octanol–water partition coefficient (Wildman–Crippen LogP) is 0.361. The molecule has 1 unspecified atom stereocenters. The number of nitrogens with zero attached hydrogens (tertiary/aromatic N) is 2. The van der Waals surface area contributed by atoms with Crippen molar-refractivity contribution in [3.05, 3.63) is 0 Å². The zero-order valence-electron chi connectivity index (χ0n) is 9.21. The van der Waals surface area contributed by atoms with E-state index in [-0.39, 0.29) is 5.54 Å². The van der Waals surface area contributed by atoms with Crippen molar-refractivity contribution < 1.29 is 0 Å². The van der Waals surface area contributed by atoms with Crippen molar-refractivity contribution in [1.29, 1.82) is 0 Å². The van der Waals surface area contributed by atoms with Crippen molar-refractivity contribution in [3.63, 3.8) is 0 Å². The van der Waals surface area contributed by atoms with E-state index in [0.29, 0.717) is 0 Å². The Morgan fingerprint density at radius 1 is 1.38 bits per heavy atom. The number of likely N-dealkylation sites (tertiary alicyclic amines) is 1. The lowest BCUT2D eigenvalue weighted by atomic mass is 9.96. The molecule has 13 heavy (non-hydrogen) atoms. The summed E-state index contributed by atoms with van der Waals surface area (Å²) in [5.41, 5.74) is 6.18. The summed E-state index contributed by atoms with van der Waals surface area (Å²) in [6.45, 7) is 9.78. The molecule has 78 valence electrons. The first-order valence-electron chi connectivity index (χ1n) is 5.32. The maximum absolute atomic E-state index is 5.91. The zero-order valence-corrected chi connectivity index (χ0v) is 9.21. The van der Waals surface area contributed by atoms with Gasteiger partial charge in [-0.1, -0.05) is 13.8 Å². The van der Waals surface area contributed by atoms with Gasteiger partial charge in [0.15, 0.2) is 0 Å². The maximum Gasteiger partial charge on any atom is 0.0470 e. The Labute approximate surface area is 81.9 Å². The lowest BCUT2D eigenvalue weighted by Gasteiger charge is -2.39. The standard InChI is InChI=1S/C10H23N3/c1-4-13(5-2)10(8-11)6-7-12(3)9-10/h4-9,11H2,1-3H3. The minimum absolute atomic E-state index is 0.262. The van der Waals surface area contributed by atoms with Crippen LogP contribution in [0.3, 0.4) is 0 Å². The van der Waals surface area contributed by atoms with Crippen LogP contribution >= 0.6 is 0 Å². The van der Waals surface area contributed by atoms with E-state index in [0.717, 1.165) is 26.2 Å². The molecule has 1 saturated heterocycles. The van der Waals surface area contributed by atoms with Crippen LogP contribution in [0.4, 0.5) is 0 Å². The summed E-state index contributed by atoms with van der Waals surface area (Å²) in [6.07, 6.45) is 1.22. The summed E-state index contributed by atoms with van der Waals surface area (Å²) in [5.74, 6) is 0. The van der Waals surface area contributed by atoms with Crippen LogP contribution in [0.25, 0.3) is 0 Å². The van der Waals surface area contributed by atoms with Gasteiger partial charge in [0.05, 0.1) is 0 Å². The summed E-state index contributed by atoms with van der Waals surface area (Å²) in [7, 11) is 2.18. The Balaban J connectivity index is 2.68. The third-order valence-corrected chi connectivity index (χ3v) is 3.34. The molecule has 0 saturated carbocycles. The molecule has 1 aliphatic heterocycles. The second kappa shape index (κ2) is 4.40. The van der Waals surface area contributed by atoms with Crippen molar-refractivity contribution in [3.8, 4) is 0 Å². The van der Waals surface area contributed by atoms with Crippen LogP contribution in [-0.2, 0) is 0 Å². The smallest absolute Gasteiger partial charge is 0.0470 e. The fourth-order valence-electron chi connectivity index (χ4n) is 2.51. The van der Waals surface area contributed by atoms with Crippen molar-refractivity contribution in [1.82, 2.24) is 9.80 Å². The lowest BCUT2D eigenvalue weighted by molar-refractivity contribution is 0.115. The Kier molecular flexibility index (Phi) is 3.71. The average molecular weight is 185 g/mol. The molecule has 3 nitrogen and oxygen atoms in total. The first kappa shape index (κ1) is 11.0. The van der Waals surface area contributed by atoms with Crippen LogP contribution in [0.15, 0.2) is 0 Å². The highest BCUT2D eigenvalue weighted by molar-refractivity contribution is 4.98. The number of hydrogen-bond donors (Lipinski definition) is 1. The quantitative estimate of drug-likeness (QED) is 0.686. The van der Waals surface area contributed by atoms with E-state index in [9.17, 15) is 0 Å². The number of rotatable bonds is 4.